The Morgan fingerprint density at radius 3 is 2.52 bits per heavy atom. The van der Waals surface area contributed by atoms with Gasteiger partial charge >= 0.3 is 0 Å². The number of piperidine rings is 1. The summed E-state index contributed by atoms with van der Waals surface area (Å²) < 4.78 is 24.5. The van der Waals surface area contributed by atoms with Gasteiger partial charge in [0.25, 0.3) is 0 Å². The zero-order chi connectivity index (χ0) is 17.2. The Hall–Kier alpha value is -1.65. The van der Waals surface area contributed by atoms with Gasteiger partial charge in [-0.25, -0.2) is 17.7 Å². The van der Waals surface area contributed by atoms with Crippen molar-refractivity contribution >= 4 is 15.8 Å². The number of anilines is 1. The van der Waals surface area contributed by atoms with E-state index in [0.717, 1.165) is 43.0 Å². The summed E-state index contributed by atoms with van der Waals surface area (Å²) in [5.74, 6) is 1.11. The molecule has 7 heteroatoms. The summed E-state index contributed by atoms with van der Waals surface area (Å²) in [6.45, 7) is 6.02. The lowest BCUT2D eigenvalue weighted by atomic mass is 9.96. The third-order valence-corrected chi connectivity index (χ3v) is 5.71. The van der Waals surface area contributed by atoms with Crippen LogP contribution in [0.5, 0.6) is 0 Å². The van der Waals surface area contributed by atoms with Crippen LogP contribution in [-0.2, 0) is 10.0 Å². The summed E-state index contributed by atoms with van der Waals surface area (Å²) in [7, 11) is -1.50. The van der Waals surface area contributed by atoms with E-state index in [2.05, 4.69) is 16.0 Å². The highest BCUT2D eigenvalue weighted by Gasteiger charge is 2.25. The van der Waals surface area contributed by atoms with E-state index in [9.17, 15) is 13.7 Å². The van der Waals surface area contributed by atoms with Crippen molar-refractivity contribution in [1.29, 1.82) is 5.26 Å². The molecule has 0 aliphatic carbocycles. The van der Waals surface area contributed by atoms with Gasteiger partial charge in [-0.05, 0) is 44.2 Å². The van der Waals surface area contributed by atoms with Crippen LogP contribution in [0.1, 0.15) is 29.7 Å². The van der Waals surface area contributed by atoms with Gasteiger partial charge in [-0.3, -0.25) is 0 Å². The number of hydrogen-bond acceptors (Lipinski definition) is 5. The average molecular weight is 336 g/mol. The molecule has 1 saturated heterocycles. The zero-order valence-electron chi connectivity index (χ0n) is 14.2. The fraction of sp³-hybridized carbons (Fsp3) is 0.625. The third kappa shape index (κ3) is 4.21. The molecule has 23 heavy (non-hydrogen) atoms. The molecule has 0 spiro atoms. The number of pyridine rings is 1. The van der Waals surface area contributed by atoms with Crippen LogP contribution in [0.4, 0.5) is 5.82 Å². The van der Waals surface area contributed by atoms with Gasteiger partial charge in [0.2, 0.25) is 10.0 Å². The molecule has 0 amide bonds. The van der Waals surface area contributed by atoms with Gasteiger partial charge in [-0.2, -0.15) is 5.26 Å². The molecule has 1 aromatic heterocycles. The zero-order valence-corrected chi connectivity index (χ0v) is 15.0. The molecule has 0 radical (unpaired) electrons. The maximum absolute atomic E-state index is 11.5. The largest absolute Gasteiger partial charge is 0.355 e. The van der Waals surface area contributed by atoms with E-state index in [1.807, 2.05) is 19.9 Å². The van der Waals surface area contributed by atoms with Crippen LogP contribution < -0.4 is 4.90 Å². The lowest BCUT2D eigenvalue weighted by Gasteiger charge is -2.34. The quantitative estimate of drug-likeness (QED) is 0.836. The normalized spacial score (nSPS) is 16.6. The molecule has 1 aromatic rings. The van der Waals surface area contributed by atoms with Crippen molar-refractivity contribution in [2.24, 2.45) is 5.92 Å². The first-order chi connectivity index (χ1) is 10.7. The van der Waals surface area contributed by atoms with Gasteiger partial charge in [0.1, 0.15) is 11.9 Å². The van der Waals surface area contributed by atoms with Crippen LogP contribution in [0.25, 0.3) is 0 Å². The Kier molecular flexibility index (Phi) is 5.27. The standard InChI is InChI=1S/C16H24N4O2S/c1-12-9-13(2)18-16(15(12)10-17)20-7-5-14(6-8-20)11-19(3)23(4,21)22/h9,14H,5-8,11H2,1-4H3. The van der Waals surface area contributed by atoms with Gasteiger partial charge in [-0.15, -0.1) is 0 Å². The second-order valence-corrected chi connectivity index (χ2v) is 8.45. The Bertz CT molecular complexity index is 716. The monoisotopic (exact) mass is 336 g/mol. The second-order valence-electron chi connectivity index (χ2n) is 6.36. The van der Waals surface area contributed by atoms with E-state index in [-0.39, 0.29) is 0 Å². The highest BCUT2D eigenvalue weighted by Crippen LogP contribution is 2.27. The SMILES string of the molecule is Cc1cc(C)c(C#N)c(N2CCC(CN(C)S(C)(=O)=O)CC2)n1. The Balaban J connectivity index is 2.07. The summed E-state index contributed by atoms with van der Waals surface area (Å²) in [6, 6.07) is 4.19. The molecule has 0 saturated carbocycles. The van der Waals surface area contributed by atoms with Gasteiger partial charge < -0.3 is 4.90 Å². The molecule has 126 valence electrons. The van der Waals surface area contributed by atoms with Crippen LogP contribution >= 0.6 is 0 Å². The first kappa shape index (κ1) is 17.7. The molecule has 0 bridgehead atoms. The Morgan fingerprint density at radius 1 is 1.39 bits per heavy atom. The number of aryl methyl sites for hydroxylation is 2. The van der Waals surface area contributed by atoms with E-state index in [1.54, 1.807) is 7.05 Å². The minimum absolute atomic E-state index is 0.349. The Labute approximate surface area is 138 Å². The predicted molar refractivity (Wildman–Crippen MR) is 90.8 cm³/mol. The van der Waals surface area contributed by atoms with Crippen LogP contribution in [-0.4, -0.2) is 50.6 Å². The average Bonchev–Trinajstić information content (AvgIpc) is 2.46. The number of rotatable bonds is 4. The van der Waals surface area contributed by atoms with E-state index < -0.39 is 10.0 Å². The van der Waals surface area contributed by atoms with E-state index >= 15 is 0 Å². The molecular weight excluding hydrogens is 312 g/mol. The summed E-state index contributed by atoms with van der Waals surface area (Å²) in [5, 5.41) is 9.39. The van der Waals surface area contributed by atoms with Crippen LogP contribution in [0.2, 0.25) is 0 Å². The molecule has 0 aromatic carbocycles. The van der Waals surface area contributed by atoms with Gasteiger partial charge in [0.05, 0.1) is 11.8 Å². The minimum Gasteiger partial charge on any atom is -0.355 e. The number of sulfonamides is 1. The topological polar surface area (TPSA) is 77.3 Å². The van der Waals surface area contributed by atoms with Crippen molar-refractivity contribution < 1.29 is 8.42 Å². The lowest BCUT2D eigenvalue weighted by Crippen LogP contribution is -2.39. The third-order valence-electron chi connectivity index (χ3n) is 4.43. The lowest BCUT2D eigenvalue weighted by molar-refractivity contribution is 0.328. The van der Waals surface area contributed by atoms with Gasteiger partial charge in [0.15, 0.2) is 0 Å². The van der Waals surface area contributed by atoms with Crippen molar-refractivity contribution in [3.63, 3.8) is 0 Å². The molecule has 6 nitrogen and oxygen atoms in total. The van der Waals surface area contributed by atoms with E-state index in [4.69, 9.17) is 0 Å². The minimum atomic E-state index is -3.13. The maximum Gasteiger partial charge on any atom is 0.210 e. The van der Waals surface area contributed by atoms with Crippen molar-refractivity contribution in [1.82, 2.24) is 9.29 Å². The molecule has 0 unspecified atom stereocenters. The summed E-state index contributed by atoms with van der Waals surface area (Å²) in [6.07, 6.45) is 3.04. The number of hydrogen-bond donors (Lipinski definition) is 0. The predicted octanol–water partition coefficient (Wildman–Crippen LogP) is 1.68. The first-order valence-corrected chi connectivity index (χ1v) is 9.61. The molecule has 1 aliphatic heterocycles. The summed E-state index contributed by atoms with van der Waals surface area (Å²) in [4.78, 5) is 6.70. The highest BCUT2D eigenvalue weighted by atomic mass is 32.2. The van der Waals surface area contributed by atoms with Crippen molar-refractivity contribution in [3.05, 3.63) is 22.9 Å². The van der Waals surface area contributed by atoms with E-state index in [1.165, 1.54) is 10.6 Å². The van der Waals surface area contributed by atoms with Gasteiger partial charge in [0, 0.05) is 32.4 Å². The summed E-state index contributed by atoms with van der Waals surface area (Å²) in [5.41, 5.74) is 2.51. The van der Waals surface area contributed by atoms with Crippen LogP contribution in [0.3, 0.4) is 0 Å². The molecule has 1 aliphatic rings. The number of nitriles is 1. The smallest absolute Gasteiger partial charge is 0.210 e. The fourth-order valence-corrected chi connectivity index (χ4v) is 3.49. The van der Waals surface area contributed by atoms with Crippen molar-refractivity contribution in [2.45, 2.75) is 26.7 Å². The Morgan fingerprint density at radius 2 is 2.00 bits per heavy atom. The maximum atomic E-state index is 11.5. The molecule has 2 rings (SSSR count). The number of aromatic nitrogens is 1. The van der Waals surface area contributed by atoms with Crippen molar-refractivity contribution in [2.75, 3.05) is 37.8 Å². The van der Waals surface area contributed by atoms with Crippen LogP contribution in [0, 0.1) is 31.1 Å². The van der Waals surface area contributed by atoms with Crippen molar-refractivity contribution in [3.8, 4) is 6.07 Å². The van der Waals surface area contributed by atoms with Crippen LogP contribution in [0.15, 0.2) is 6.07 Å². The second kappa shape index (κ2) is 6.85. The fourth-order valence-electron chi connectivity index (χ4n) is 3.01. The molecular formula is C16H24N4O2S. The number of nitrogens with zero attached hydrogens (tertiary/aromatic N) is 4. The van der Waals surface area contributed by atoms with Gasteiger partial charge in [-0.1, -0.05) is 0 Å². The molecule has 1 fully saturated rings. The van der Waals surface area contributed by atoms with E-state index in [0.29, 0.717) is 18.0 Å². The molecule has 2 heterocycles. The highest BCUT2D eigenvalue weighted by molar-refractivity contribution is 7.88. The molecule has 0 atom stereocenters. The first-order valence-electron chi connectivity index (χ1n) is 7.77. The summed E-state index contributed by atoms with van der Waals surface area (Å²) >= 11 is 0. The molecule has 0 N–H and O–H groups in total.